The zero-order chi connectivity index (χ0) is 12.8. The lowest BCUT2D eigenvalue weighted by Gasteiger charge is -2.23. The first kappa shape index (κ1) is 15.2. The Bertz CT molecular complexity index is 212. The molecule has 0 aromatic carbocycles. The van der Waals surface area contributed by atoms with E-state index in [0.29, 0.717) is 19.0 Å². The summed E-state index contributed by atoms with van der Waals surface area (Å²) in [6.45, 7) is 10.5. The molecule has 96 valence electrons. The van der Waals surface area contributed by atoms with Gasteiger partial charge in [-0.3, -0.25) is 0 Å². The van der Waals surface area contributed by atoms with Crippen LogP contribution in [0.2, 0.25) is 0 Å². The average molecular weight is 232 g/mol. The molecule has 0 aromatic heterocycles. The molecule has 0 aromatic rings. The van der Waals surface area contributed by atoms with Crippen molar-refractivity contribution in [2.75, 3.05) is 13.1 Å². The molecular weight excluding hydrogens is 208 g/mol. The Balaban J connectivity index is 3.97. The van der Waals surface area contributed by atoms with Crippen molar-refractivity contribution in [3.63, 3.8) is 0 Å². The molecule has 0 aliphatic carbocycles. The molecule has 1 atom stereocenters. The maximum Gasteiger partial charge on any atom is 0.407 e. The third-order valence-corrected chi connectivity index (χ3v) is 2.20. The lowest BCUT2D eigenvalue weighted by Crippen LogP contribution is -2.39. The first-order chi connectivity index (χ1) is 7.26. The molecule has 0 spiro atoms. The van der Waals surface area contributed by atoms with E-state index in [4.69, 9.17) is 9.94 Å². The van der Waals surface area contributed by atoms with Crippen LogP contribution in [0, 0.1) is 11.8 Å². The standard InChI is InChI=1S/C11H24N2O3/c1-8(2)9(7-13-15)6-12-10(14)16-11(3,4)5/h8-9,13,15H,6-7H2,1-5H3,(H,12,14). The zero-order valence-corrected chi connectivity index (χ0v) is 10.8. The molecule has 1 unspecified atom stereocenters. The molecule has 5 nitrogen and oxygen atoms in total. The number of carbonyl (C=O) groups excluding carboxylic acids is 1. The fourth-order valence-corrected chi connectivity index (χ4v) is 1.19. The highest BCUT2D eigenvalue weighted by Crippen LogP contribution is 2.10. The molecule has 0 fully saturated rings. The Hall–Kier alpha value is -0.810. The van der Waals surface area contributed by atoms with Gasteiger partial charge in [0.25, 0.3) is 0 Å². The van der Waals surface area contributed by atoms with E-state index < -0.39 is 11.7 Å². The minimum atomic E-state index is -0.480. The highest BCUT2D eigenvalue weighted by Gasteiger charge is 2.18. The predicted molar refractivity (Wildman–Crippen MR) is 62.4 cm³/mol. The van der Waals surface area contributed by atoms with Gasteiger partial charge < -0.3 is 15.3 Å². The summed E-state index contributed by atoms with van der Waals surface area (Å²) in [6.07, 6.45) is -0.420. The maximum absolute atomic E-state index is 11.4. The largest absolute Gasteiger partial charge is 0.444 e. The van der Waals surface area contributed by atoms with Gasteiger partial charge in [-0.25, -0.2) is 10.3 Å². The van der Waals surface area contributed by atoms with Crippen molar-refractivity contribution in [2.45, 2.75) is 40.2 Å². The number of amides is 1. The SMILES string of the molecule is CC(C)C(CNO)CNC(=O)OC(C)(C)C. The van der Waals surface area contributed by atoms with Crippen LogP contribution in [0.5, 0.6) is 0 Å². The summed E-state index contributed by atoms with van der Waals surface area (Å²) in [6, 6.07) is 0. The highest BCUT2D eigenvalue weighted by molar-refractivity contribution is 5.67. The van der Waals surface area contributed by atoms with Crippen LogP contribution in [-0.4, -0.2) is 30.0 Å². The van der Waals surface area contributed by atoms with Gasteiger partial charge >= 0.3 is 6.09 Å². The number of hydrogen-bond donors (Lipinski definition) is 3. The van der Waals surface area contributed by atoms with Gasteiger partial charge in [-0.1, -0.05) is 13.8 Å². The molecule has 0 bridgehead atoms. The molecule has 0 aliphatic heterocycles. The van der Waals surface area contributed by atoms with E-state index in [9.17, 15) is 4.79 Å². The van der Waals surface area contributed by atoms with Gasteiger partial charge in [0.2, 0.25) is 0 Å². The van der Waals surface area contributed by atoms with Crippen LogP contribution in [-0.2, 0) is 4.74 Å². The lowest BCUT2D eigenvalue weighted by atomic mass is 9.96. The summed E-state index contributed by atoms with van der Waals surface area (Å²) in [5.41, 5.74) is 1.65. The molecule has 0 rings (SSSR count). The first-order valence-electron chi connectivity index (χ1n) is 5.60. The van der Waals surface area contributed by atoms with E-state index >= 15 is 0 Å². The molecule has 0 heterocycles. The molecule has 3 N–H and O–H groups in total. The van der Waals surface area contributed by atoms with Gasteiger partial charge in [-0.15, -0.1) is 0 Å². The van der Waals surface area contributed by atoms with Crippen molar-refractivity contribution in [2.24, 2.45) is 11.8 Å². The second kappa shape index (κ2) is 6.70. The third kappa shape index (κ3) is 7.48. The summed E-state index contributed by atoms with van der Waals surface area (Å²) in [4.78, 5) is 11.4. The minimum Gasteiger partial charge on any atom is -0.444 e. The van der Waals surface area contributed by atoms with Crippen molar-refractivity contribution < 1.29 is 14.7 Å². The number of rotatable bonds is 5. The van der Waals surface area contributed by atoms with E-state index in [2.05, 4.69) is 10.8 Å². The highest BCUT2D eigenvalue weighted by atomic mass is 16.6. The molecule has 0 aliphatic rings. The summed E-state index contributed by atoms with van der Waals surface area (Å²) in [5.74, 6) is 0.548. The van der Waals surface area contributed by atoms with Crippen LogP contribution < -0.4 is 10.8 Å². The summed E-state index contributed by atoms with van der Waals surface area (Å²) >= 11 is 0. The Kier molecular flexibility index (Phi) is 6.36. The van der Waals surface area contributed by atoms with Crippen LogP contribution in [0.3, 0.4) is 0 Å². The molecule has 0 saturated carbocycles. The average Bonchev–Trinajstić information content (AvgIpc) is 2.08. The van der Waals surface area contributed by atoms with Crippen molar-refractivity contribution in [3.05, 3.63) is 0 Å². The quantitative estimate of drug-likeness (QED) is 0.632. The van der Waals surface area contributed by atoms with Crippen molar-refractivity contribution >= 4 is 6.09 Å². The third-order valence-electron chi connectivity index (χ3n) is 2.20. The molecular formula is C11H24N2O3. The molecule has 5 heteroatoms. The number of carbonyl (C=O) groups is 1. The van der Waals surface area contributed by atoms with Crippen molar-refractivity contribution in [1.29, 1.82) is 0 Å². The number of hydrogen-bond acceptors (Lipinski definition) is 4. The van der Waals surface area contributed by atoms with E-state index in [1.165, 1.54) is 0 Å². The molecule has 16 heavy (non-hydrogen) atoms. The van der Waals surface area contributed by atoms with Crippen LogP contribution in [0.15, 0.2) is 0 Å². The predicted octanol–water partition coefficient (Wildman–Crippen LogP) is 1.76. The normalized spacial score (nSPS) is 13.7. The monoisotopic (exact) mass is 232 g/mol. The van der Waals surface area contributed by atoms with E-state index in [0.717, 1.165) is 0 Å². The topological polar surface area (TPSA) is 70.6 Å². The first-order valence-corrected chi connectivity index (χ1v) is 5.60. The maximum atomic E-state index is 11.4. The Morgan fingerprint density at radius 3 is 2.25 bits per heavy atom. The number of ether oxygens (including phenoxy) is 1. The van der Waals surface area contributed by atoms with Gasteiger partial charge in [-0.05, 0) is 32.6 Å². The smallest absolute Gasteiger partial charge is 0.407 e. The minimum absolute atomic E-state index is 0.178. The van der Waals surface area contributed by atoms with Crippen molar-refractivity contribution in [3.8, 4) is 0 Å². The van der Waals surface area contributed by atoms with Gasteiger partial charge in [0, 0.05) is 13.1 Å². The zero-order valence-electron chi connectivity index (χ0n) is 10.8. The van der Waals surface area contributed by atoms with Gasteiger partial charge in [0.05, 0.1) is 0 Å². The van der Waals surface area contributed by atoms with Crippen LogP contribution in [0.25, 0.3) is 0 Å². The van der Waals surface area contributed by atoms with E-state index in [-0.39, 0.29) is 5.92 Å². The second-order valence-electron chi connectivity index (χ2n) is 5.25. The van der Waals surface area contributed by atoms with E-state index in [1.807, 2.05) is 34.6 Å². The van der Waals surface area contributed by atoms with Gasteiger partial charge in [0.15, 0.2) is 0 Å². The number of alkyl carbamates (subject to hydrolysis) is 1. The van der Waals surface area contributed by atoms with Crippen molar-refractivity contribution in [1.82, 2.24) is 10.8 Å². The van der Waals surface area contributed by atoms with Crippen LogP contribution >= 0.6 is 0 Å². The second-order valence-corrected chi connectivity index (χ2v) is 5.25. The fourth-order valence-electron chi connectivity index (χ4n) is 1.19. The van der Waals surface area contributed by atoms with Crippen LogP contribution in [0.1, 0.15) is 34.6 Å². The molecule has 1 amide bonds. The summed E-state index contributed by atoms with van der Waals surface area (Å²) < 4.78 is 5.11. The number of hydroxylamine groups is 1. The van der Waals surface area contributed by atoms with E-state index in [1.54, 1.807) is 0 Å². The fraction of sp³-hybridized carbons (Fsp3) is 0.909. The van der Waals surface area contributed by atoms with Crippen LogP contribution in [0.4, 0.5) is 4.79 Å². The van der Waals surface area contributed by atoms with Gasteiger partial charge in [-0.2, -0.15) is 0 Å². The molecule has 0 radical (unpaired) electrons. The summed E-state index contributed by atoms with van der Waals surface area (Å²) in [5, 5.41) is 11.3. The van der Waals surface area contributed by atoms with Gasteiger partial charge in [0.1, 0.15) is 5.60 Å². The Labute approximate surface area is 97.5 Å². The Morgan fingerprint density at radius 2 is 1.88 bits per heavy atom. The molecule has 0 saturated heterocycles. The summed E-state index contributed by atoms with van der Waals surface area (Å²) in [7, 11) is 0. The Morgan fingerprint density at radius 1 is 1.31 bits per heavy atom. The number of nitrogens with one attached hydrogen (secondary N) is 2. The lowest BCUT2D eigenvalue weighted by molar-refractivity contribution is 0.0505.